The van der Waals surface area contributed by atoms with Crippen LogP contribution in [0.15, 0.2) is 0 Å². The van der Waals surface area contributed by atoms with Crippen molar-refractivity contribution in [2.24, 2.45) is 0 Å². The van der Waals surface area contributed by atoms with Gasteiger partial charge in [0.2, 0.25) is 5.91 Å². The minimum absolute atomic E-state index is 0.00563. The van der Waals surface area contributed by atoms with E-state index in [2.05, 4.69) is 12.2 Å². The van der Waals surface area contributed by atoms with Gasteiger partial charge in [-0.05, 0) is 38.2 Å². The topological polar surface area (TPSA) is 55.4 Å². The van der Waals surface area contributed by atoms with E-state index in [4.69, 9.17) is 4.74 Å². The van der Waals surface area contributed by atoms with Crippen molar-refractivity contribution in [1.29, 1.82) is 0 Å². The molecule has 116 valence electrons. The minimum atomic E-state index is -0.305. The van der Waals surface area contributed by atoms with Crippen molar-refractivity contribution in [2.45, 2.75) is 58.8 Å². The van der Waals surface area contributed by atoms with Crippen LogP contribution in [0.4, 0.5) is 5.00 Å². The third-order valence-corrected chi connectivity index (χ3v) is 4.87. The maximum atomic E-state index is 12.2. The van der Waals surface area contributed by atoms with Gasteiger partial charge in [0.15, 0.2) is 0 Å². The van der Waals surface area contributed by atoms with Gasteiger partial charge < -0.3 is 10.1 Å². The van der Waals surface area contributed by atoms with Crippen molar-refractivity contribution in [3.63, 3.8) is 0 Å². The fourth-order valence-electron chi connectivity index (χ4n) is 2.64. The van der Waals surface area contributed by atoms with Crippen LogP contribution in [0.25, 0.3) is 0 Å². The number of carbonyl (C=O) groups excluding carboxylic acids is 2. The Morgan fingerprint density at radius 3 is 2.76 bits per heavy atom. The fourth-order valence-corrected chi connectivity index (χ4v) is 3.93. The highest BCUT2D eigenvalue weighted by molar-refractivity contribution is 7.17. The Morgan fingerprint density at radius 2 is 2.05 bits per heavy atom. The van der Waals surface area contributed by atoms with Crippen molar-refractivity contribution in [3.05, 3.63) is 16.0 Å². The number of unbranched alkanes of at least 4 members (excludes halogenated alkanes) is 2. The molecule has 21 heavy (non-hydrogen) atoms. The summed E-state index contributed by atoms with van der Waals surface area (Å²) in [6.07, 6.45) is 6.54. The summed E-state index contributed by atoms with van der Waals surface area (Å²) in [4.78, 5) is 25.4. The van der Waals surface area contributed by atoms with Crippen LogP contribution in [-0.4, -0.2) is 18.5 Å². The van der Waals surface area contributed by atoms with Gasteiger partial charge in [-0.3, -0.25) is 4.79 Å². The molecular weight excluding hydrogens is 286 g/mol. The number of thiophene rings is 1. The minimum Gasteiger partial charge on any atom is -0.462 e. The molecule has 0 spiro atoms. The lowest BCUT2D eigenvalue weighted by Gasteiger charge is -2.07. The van der Waals surface area contributed by atoms with E-state index in [9.17, 15) is 9.59 Å². The number of ether oxygens (including phenoxy) is 1. The average Bonchev–Trinajstić information content (AvgIpc) is 2.99. The zero-order chi connectivity index (χ0) is 15.2. The second kappa shape index (κ2) is 7.59. The summed E-state index contributed by atoms with van der Waals surface area (Å²) >= 11 is 1.54. The first kappa shape index (κ1) is 16.0. The molecule has 0 radical (unpaired) electrons. The van der Waals surface area contributed by atoms with Crippen LogP contribution in [0.3, 0.4) is 0 Å². The largest absolute Gasteiger partial charge is 0.462 e. The Kier molecular flexibility index (Phi) is 5.79. The Balaban J connectivity index is 2.12. The maximum Gasteiger partial charge on any atom is 0.341 e. The molecule has 4 nitrogen and oxygen atoms in total. The van der Waals surface area contributed by atoms with E-state index < -0.39 is 0 Å². The molecule has 1 aromatic rings. The molecule has 0 bridgehead atoms. The number of rotatable bonds is 7. The number of carbonyl (C=O) groups is 2. The molecule has 0 aromatic carbocycles. The van der Waals surface area contributed by atoms with Gasteiger partial charge in [0, 0.05) is 11.3 Å². The molecular formula is C16H23NO3S. The lowest BCUT2D eigenvalue weighted by molar-refractivity contribution is -0.116. The second-order valence-electron chi connectivity index (χ2n) is 5.29. The number of amides is 1. The highest BCUT2D eigenvalue weighted by Gasteiger charge is 2.28. The first-order valence-corrected chi connectivity index (χ1v) is 8.60. The molecule has 0 unspecified atom stereocenters. The van der Waals surface area contributed by atoms with Crippen molar-refractivity contribution in [3.8, 4) is 0 Å². The molecule has 2 rings (SSSR count). The van der Waals surface area contributed by atoms with Crippen molar-refractivity contribution < 1.29 is 14.3 Å². The number of hydrogen-bond acceptors (Lipinski definition) is 4. The zero-order valence-electron chi connectivity index (χ0n) is 12.8. The van der Waals surface area contributed by atoms with Crippen LogP contribution < -0.4 is 5.32 Å². The second-order valence-corrected chi connectivity index (χ2v) is 6.39. The van der Waals surface area contributed by atoms with Crippen LogP contribution >= 0.6 is 11.3 Å². The summed E-state index contributed by atoms with van der Waals surface area (Å²) in [5, 5.41) is 3.60. The van der Waals surface area contributed by atoms with Crippen molar-refractivity contribution in [1.82, 2.24) is 0 Å². The van der Waals surface area contributed by atoms with Crippen molar-refractivity contribution >= 4 is 28.2 Å². The SMILES string of the molecule is CCCCCC(=O)Nc1sc2c(c1C(=O)OCC)CCC2. The maximum absolute atomic E-state index is 12.2. The number of esters is 1. The molecule has 0 aliphatic heterocycles. The predicted molar refractivity (Wildman–Crippen MR) is 85.1 cm³/mol. The number of aryl methyl sites for hydroxylation is 1. The highest BCUT2D eigenvalue weighted by Crippen LogP contribution is 2.39. The Hall–Kier alpha value is -1.36. The van der Waals surface area contributed by atoms with Gasteiger partial charge in [0.25, 0.3) is 0 Å². The number of anilines is 1. The van der Waals surface area contributed by atoms with Gasteiger partial charge in [-0.25, -0.2) is 4.79 Å². The monoisotopic (exact) mass is 309 g/mol. The molecule has 0 fully saturated rings. The smallest absolute Gasteiger partial charge is 0.341 e. The average molecular weight is 309 g/mol. The van der Waals surface area contributed by atoms with Crippen LogP contribution in [0.5, 0.6) is 0 Å². The van der Waals surface area contributed by atoms with E-state index in [0.717, 1.165) is 44.1 Å². The van der Waals surface area contributed by atoms with E-state index >= 15 is 0 Å². The van der Waals surface area contributed by atoms with Gasteiger partial charge in [-0.15, -0.1) is 11.3 Å². The molecule has 1 heterocycles. The summed E-state index contributed by atoms with van der Waals surface area (Å²) in [5.74, 6) is -0.310. The summed E-state index contributed by atoms with van der Waals surface area (Å²) in [6.45, 7) is 4.27. The molecule has 0 atom stereocenters. The number of nitrogens with one attached hydrogen (secondary N) is 1. The van der Waals surface area contributed by atoms with E-state index in [1.54, 1.807) is 6.92 Å². The molecule has 5 heteroatoms. The molecule has 1 aliphatic rings. The summed E-state index contributed by atoms with van der Waals surface area (Å²) in [7, 11) is 0. The van der Waals surface area contributed by atoms with Crippen LogP contribution in [-0.2, 0) is 22.4 Å². The van der Waals surface area contributed by atoms with E-state index in [1.807, 2.05) is 0 Å². The number of fused-ring (bicyclic) bond motifs is 1. The van der Waals surface area contributed by atoms with E-state index in [1.165, 1.54) is 16.2 Å². The third kappa shape index (κ3) is 3.84. The third-order valence-electron chi connectivity index (χ3n) is 3.66. The Morgan fingerprint density at radius 1 is 1.24 bits per heavy atom. The first-order chi connectivity index (χ1) is 10.2. The molecule has 0 saturated carbocycles. The highest BCUT2D eigenvalue weighted by atomic mass is 32.1. The molecule has 0 saturated heterocycles. The standard InChI is InChI=1S/C16H23NO3S/c1-3-5-6-10-13(18)17-15-14(16(19)20-4-2)11-8-7-9-12(11)21-15/h3-10H2,1-2H3,(H,17,18). The molecule has 1 aromatic heterocycles. The van der Waals surface area contributed by atoms with E-state index in [-0.39, 0.29) is 11.9 Å². The van der Waals surface area contributed by atoms with Gasteiger partial charge in [0.1, 0.15) is 5.00 Å². The molecule has 1 N–H and O–H groups in total. The summed E-state index contributed by atoms with van der Waals surface area (Å²) in [5.41, 5.74) is 1.68. The molecule has 1 amide bonds. The lowest BCUT2D eigenvalue weighted by atomic mass is 10.1. The Bertz CT molecular complexity index is 522. The van der Waals surface area contributed by atoms with Crippen LogP contribution in [0, 0.1) is 0 Å². The Labute approximate surface area is 129 Å². The predicted octanol–water partition coefficient (Wildman–Crippen LogP) is 3.93. The van der Waals surface area contributed by atoms with Gasteiger partial charge in [-0.1, -0.05) is 19.8 Å². The van der Waals surface area contributed by atoms with Crippen LogP contribution in [0.1, 0.15) is 66.8 Å². The lowest BCUT2D eigenvalue weighted by Crippen LogP contribution is -2.14. The van der Waals surface area contributed by atoms with Gasteiger partial charge >= 0.3 is 5.97 Å². The summed E-state index contributed by atoms with van der Waals surface area (Å²) in [6, 6.07) is 0. The van der Waals surface area contributed by atoms with Crippen molar-refractivity contribution in [2.75, 3.05) is 11.9 Å². The first-order valence-electron chi connectivity index (χ1n) is 7.78. The van der Waals surface area contributed by atoms with E-state index in [0.29, 0.717) is 23.6 Å². The van der Waals surface area contributed by atoms with Crippen LogP contribution in [0.2, 0.25) is 0 Å². The number of hydrogen-bond donors (Lipinski definition) is 1. The van der Waals surface area contributed by atoms with Gasteiger partial charge in [-0.2, -0.15) is 0 Å². The molecule has 1 aliphatic carbocycles. The zero-order valence-corrected chi connectivity index (χ0v) is 13.6. The normalized spacial score (nSPS) is 13.0. The van der Waals surface area contributed by atoms with Gasteiger partial charge in [0.05, 0.1) is 12.2 Å². The summed E-state index contributed by atoms with van der Waals surface area (Å²) < 4.78 is 5.15. The quantitative estimate of drug-likeness (QED) is 0.613. The fraction of sp³-hybridized carbons (Fsp3) is 0.625.